The Kier molecular flexibility index (Phi) is 7.75. The first-order valence-electron chi connectivity index (χ1n) is 8.71. The maximum absolute atomic E-state index is 12.5. The van der Waals surface area contributed by atoms with Crippen LogP contribution in [0.2, 0.25) is 0 Å². The summed E-state index contributed by atoms with van der Waals surface area (Å²) >= 11 is 1.63. The number of hydrogen-bond donors (Lipinski definition) is 2. The number of sulfonamides is 1. The van der Waals surface area contributed by atoms with Crippen LogP contribution < -0.4 is 10.6 Å². The Morgan fingerprint density at radius 3 is 2.58 bits per heavy atom. The van der Waals surface area contributed by atoms with E-state index < -0.39 is 16.1 Å². The van der Waals surface area contributed by atoms with Crippen LogP contribution in [-0.4, -0.2) is 62.1 Å². The number of rotatable bonds is 7. The van der Waals surface area contributed by atoms with Crippen LogP contribution in [0.1, 0.15) is 20.8 Å². The number of amides is 2. The third-order valence-electron chi connectivity index (χ3n) is 3.86. The second-order valence-electron chi connectivity index (χ2n) is 6.20. The summed E-state index contributed by atoms with van der Waals surface area (Å²) in [4.78, 5) is 13.1. The van der Waals surface area contributed by atoms with E-state index in [9.17, 15) is 13.2 Å². The standard InChI is InChI=1S/C17H27N3O4S2/c1-4-25-16-8-6-5-7-15(16)19-17(21)18-9-10-26(22,23)20-11-13(2)24-14(3)12-20/h5-8,13-14H,4,9-12H2,1-3H3,(H2,18,19,21)/t13-,14-/m0/s1. The number of hydrogen-bond acceptors (Lipinski definition) is 5. The van der Waals surface area contributed by atoms with Gasteiger partial charge in [0.25, 0.3) is 0 Å². The van der Waals surface area contributed by atoms with Gasteiger partial charge in [-0.2, -0.15) is 4.31 Å². The average Bonchev–Trinajstić information content (AvgIpc) is 2.56. The molecule has 1 aliphatic rings. The van der Waals surface area contributed by atoms with Crippen LogP contribution >= 0.6 is 11.8 Å². The van der Waals surface area contributed by atoms with Crippen molar-refractivity contribution in [1.82, 2.24) is 9.62 Å². The van der Waals surface area contributed by atoms with E-state index in [1.165, 1.54) is 4.31 Å². The van der Waals surface area contributed by atoms with E-state index in [1.54, 1.807) is 11.8 Å². The minimum atomic E-state index is -3.43. The molecule has 1 aliphatic heterocycles. The highest BCUT2D eigenvalue weighted by molar-refractivity contribution is 7.99. The lowest BCUT2D eigenvalue weighted by atomic mass is 10.3. The summed E-state index contributed by atoms with van der Waals surface area (Å²) < 4.78 is 31.9. The largest absolute Gasteiger partial charge is 0.373 e. The molecule has 1 heterocycles. The molecule has 0 spiro atoms. The van der Waals surface area contributed by atoms with Crippen LogP contribution in [0.5, 0.6) is 0 Å². The number of nitrogens with zero attached hydrogens (tertiary/aromatic N) is 1. The Balaban J connectivity index is 1.84. The monoisotopic (exact) mass is 401 g/mol. The summed E-state index contributed by atoms with van der Waals surface area (Å²) in [5.74, 6) is 0.764. The molecular formula is C17H27N3O4S2. The van der Waals surface area contributed by atoms with Gasteiger partial charge in [0.15, 0.2) is 0 Å². The fourth-order valence-corrected chi connectivity index (χ4v) is 5.05. The fraction of sp³-hybridized carbons (Fsp3) is 0.588. The van der Waals surface area contributed by atoms with Crippen LogP contribution in [0.25, 0.3) is 0 Å². The number of carbonyl (C=O) groups is 1. The second-order valence-corrected chi connectivity index (χ2v) is 9.59. The Hall–Kier alpha value is -1.29. The topological polar surface area (TPSA) is 87.7 Å². The maximum Gasteiger partial charge on any atom is 0.319 e. The molecule has 0 unspecified atom stereocenters. The molecule has 0 aliphatic carbocycles. The van der Waals surface area contributed by atoms with Gasteiger partial charge in [-0.15, -0.1) is 11.8 Å². The molecule has 0 saturated carbocycles. The highest BCUT2D eigenvalue weighted by atomic mass is 32.2. The molecule has 1 aromatic carbocycles. The fourth-order valence-electron chi connectivity index (χ4n) is 2.80. The van der Waals surface area contributed by atoms with Crippen LogP contribution in [0.15, 0.2) is 29.2 Å². The minimum Gasteiger partial charge on any atom is -0.373 e. The Morgan fingerprint density at radius 1 is 1.27 bits per heavy atom. The van der Waals surface area contributed by atoms with Crippen molar-refractivity contribution in [2.24, 2.45) is 0 Å². The summed E-state index contributed by atoms with van der Waals surface area (Å²) in [5, 5.41) is 5.40. The molecule has 0 bridgehead atoms. The van der Waals surface area contributed by atoms with Gasteiger partial charge in [-0.05, 0) is 31.7 Å². The molecule has 2 N–H and O–H groups in total. The zero-order valence-electron chi connectivity index (χ0n) is 15.4. The van der Waals surface area contributed by atoms with Gasteiger partial charge in [0.1, 0.15) is 0 Å². The Labute approximate surface area is 159 Å². The normalized spacial score (nSPS) is 21.3. The quantitative estimate of drug-likeness (QED) is 0.685. The predicted octanol–water partition coefficient (Wildman–Crippen LogP) is 2.36. The Bertz CT molecular complexity index is 702. The molecule has 26 heavy (non-hydrogen) atoms. The SMILES string of the molecule is CCSc1ccccc1NC(=O)NCCS(=O)(=O)N1C[C@H](C)O[C@@H](C)C1. The number of para-hydroxylation sites is 1. The summed E-state index contributed by atoms with van der Waals surface area (Å²) in [5.41, 5.74) is 0.718. The number of urea groups is 1. The number of benzene rings is 1. The summed E-state index contributed by atoms with van der Waals surface area (Å²) in [6, 6.07) is 7.12. The van der Waals surface area contributed by atoms with Crippen molar-refractivity contribution in [3.05, 3.63) is 24.3 Å². The Morgan fingerprint density at radius 2 is 1.92 bits per heavy atom. The van der Waals surface area contributed by atoms with Crippen molar-refractivity contribution in [2.75, 3.05) is 36.5 Å². The first-order chi connectivity index (χ1) is 12.3. The van der Waals surface area contributed by atoms with Crippen molar-refractivity contribution in [3.63, 3.8) is 0 Å². The summed E-state index contributed by atoms with van der Waals surface area (Å²) in [6.45, 7) is 6.50. The molecule has 146 valence electrons. The number of thioether (sulfide) groups is 1. The lowest BCUT2D eigenvalue weighted by Crippen LogP contribution is -2.49. The van der Waals surface area contributed by atoms with Crippen LogP contribution in [0, 0.1) is 0 Å². The van der Waals surface area contributed by atoms with Gasteiger partial charge in [0.05, 0.1) is 23.6 Å². The molecule has 1 aromatic rings. The van der Waals surface area contributed by atoms with E-state index in [4.69, 9.17) is 4.74 Å². The van der Waals surface area contributed by atoms with Gasteiger partial charge < -0.3 is 15.4 Å². The smallest absolute Gasteiger partial charge is 0.319 e. The molecule has 9 heteroatoms. The number of ether oxygens (including phenoxy) is 1. The third-order valence-corrected chi connectivity index (χ3v) is 6.62. The lowest BCUT2D eigenvalue weighted by Gasteiger charge is -2.34. The molecule has 0 radical (unpaired) electrons. The lowest BCUT2D eigenvalue weighted by molar-refractivity contribution is -0.0440. The van der Waals surface area contributed by atoms with Gasteiger partial charge in [-0.25, -0.2) is 13.2 Å². The number of nitrogens with one attached hydrogen (secondary N) is 2. The molecule has 1 saturated heterocycles. The van der Waals surface area contributed by atoms with Crippen LogP contribution in [-0.2, 0) is 14.8 Å². The van der Waals surface area contributed by atoms with Crippen molar-refractivity contribution in [1.29, 1.82) is 0 Å². The van der Waals surface area contributed by atoms with E-state index in [-0.39, 0.29) is 24.5 Å². The van der Waals surface area contributed by atoms with Gasteiger partial charge >= 0.3 is 6.03 Å². The van der Waals surface area contributed by atoms with E-state index in [1.807, 2.05) is 45.0 Å². The number of anilines is 1. The highest BCUT2D eigenvalue weighted by Crippen LogP contribution is 2.26. The molecular weight excluding hydrogens is 374 g/mol. The first-order valence-corrected chi connectivity index (χ1v) is 11.3. The predicted molar refractivity (Wildman–Crippen MR) is 105 cm³/mol. The minimum absolute atomic E-state index is 0.0529. The molecule has 0 aromatic heterocycles. The molecule has 2 amide bonds. The van der Waals surface area contributed by atoms with E-state index in [0.29, 0.717) is 13.1 Å². The molecule has 7 nitrogen and oxygen atoms in total. The van der Waals surface area contributed by atoms with Crippen molar-refractivity contribution >= 4 is 33.5 Å². The van der Waals surface area contributed by atoms with Gasteiger partial charge in [0, 0.05) is 24.5 Å². The zero-order valence-corrected chi connectivity index (χ0v) is 17.0. The second kappa shape index (κ2) is 9.59. The first kappa shape index (κ1) is 21.0. The van der Waals surface area contributed by atoms with Crippen LogP contribution in [0.3, 0.4) is 0 Å². The average molecular weight is 402 g/mol. The summed E-state index contributed by atoms with van der Waals surface area (Å²) in [7, 11) is -3.43. The van der Waals surface area contributed by atoms with Crippen molar-refractivity contribution in [2.45, 2.75) is 37.9 Å². The number of morpholine rings is 1. The highest BCUT2D eigenvalue weighted by Gasteiger charge is 2.30. The van der Waals surface area contributed by atoms with Crippen molar-refractivity contribution < 1.29 is 17.9 Å². The van der Waals surface area contributed by atoms with Crippen molar-refractivity contribution in [3.8, 4) is 0 Å². The van der Waals surface area contributed by atoms with Gasteiger partial charge in [-0.1, -0.05) is 19.1 Å². The maximum atomic E-state index is 12.5. The molecule has 2 atom stereocenters. The van der Waals surface area contributed by atoms with Crippen LogP contribution in [0.4, 0.5) is 10.5 Å². The molecule has 1 fully saturated rings. The zero-order chi connectivity index (χ0) is 19.2. The van der Waals surface area contributed by atoms with E-state index in [0.717, 1.165) is 16.3 Å². The third kappa shape index (κ3) is 6.15. The molecule has 2 rings (SSSR count). The van der Waals surface area contributed by atoms with Gasteiger partial charge in [-0.3, -0.25) is 0 Å². The van der Waals surface area contributed by atoms with E-state index in [2.05, 4.69) is 10.6 Å². The summed E-state index contributed by atoms with van der Waals surface area (Å²) in [6.07, 6.45) is -0.255. The number of carbonyl (C=O) groups excluding carboxylic acids is 1. The van der Waals surface area contributed by atoms with E-state index >= 15 is 0 Å². The van der Waals surface area contributed by atoms with Gasteiger partial charge in [0.2, 0.25) is 10.0 Å².